The quantitative estimate of drug-likeness (QED) is 0.810. The van der Waals surface area contributed by atoms with E-state index in [1.54, 1.807) is 13.0 Å². The maximum absolute atomic E-state index is 13.7. The third-order valence-electron chi connectivity index (χ3n) is 2.37. The Morgan fingerprint density at radius 1 is 1.44 bits per heavy atom. The number of nitrogens with one attached hydrogen (secondary N) is 1. The number of aryl methyl sites for hydroxylation is 1. The number of carboxylic acids is 1. The van der Waals surface area contributed by atoms with Crippen LogP contribution < -0.4 is 5.32 Å². The number of hydrogen-bond acceptors (Lipinski definition) is 2. The van der Waals surface area contributed by atoms with Crippen LogP contribution in [0.5, 0.6) is 0 Å². The molecule has 0 aliphatic rings. The highest BCUT2D eigenvalue weighted by Crippen LogP contribution is 2.22. The Balaban J connectivity index is 2.62. The minimum absolute atomic E-state index is 0.0442. The largest absolute Gasteiger partial charge is 0.481 e. The first kappa shape index (κ1) is 14.4. The van der Waals surface area contributed by atoms with Crippen molar-refractivity contribution < 1.29 is 19.1 Å². The van der Waals surface area contributed by atoms with Crippen LogP contribution in [-0.2, 0) is 4.79 Å². The van der Waals surface area contributed by atoms with Crippen LogP contribution in [0.1, 0.15) is 28.8 Å². The van der Waals surface area contributed by atoms with Crippen LogP contribution in [0.3, 0.4) is 0 Å². The van der Waals surface area contributed by atoms with Crippen LogP contribution in [-0.4, -0.2) is 23.5 Å². The third kappa shape index (κ3) is 3.70. The number of halogens is 2. The number of aliphatic carboxylic acids is 1. The highest BCUT2D eigenvalue weighted by atomic mass is 35.5. The second kappa shape index (κ2) is 6.35. The molecular formula is C12H13ClFNO3. The zero-order valence-electron chi connectivity index (χ0n) is 9.80. The Morgan fingerprint density at radius 2 is 2.11 bits per heavy atom. The van der Waals surface area contributed by atoms with Crippen LogP contribution in [0.4, 0.5) is 4.39 Å². The van der Waals surface area contributed by atoms with E-state index in [2.05, 4.69) is 5.32 Å². The summed E-state index contributed by atoms with van der Waals surface area (Å²) < 4.78 is 13.7. The molecule has 0 aromatic heterocycles. The predicted molar refractivity (Wildman–Crippen MR) is 65.4 cm³/mol. The molecular weight excluding hydrogens is 261 g/mol. The maximum Gasteiger partial charge on any atom is 0.303 e. The first-order valence-electron chi connectivity index (χ1n) is 5.38. The van der Waals surface area contributed by atoms with Crippen LogP contribution in [0.2, 0.25) is 5.02 Å². The molecule has 2 N–H and O–H groups in total. The van der Waals surface area contributed by atoms with Crippen LogP contribution >= 0.6 is 11.6 Å². The highest BCUT2D eigenvalue weighted by molar-refractivity contribution is 6.31. The minimum Gasteiger partial charge on any atom is -0.481 e. The molecule has 98 valence electrons. The summed E-state index contributed by atoms with van der Waals surface area (Å²) in [6, 6.07) is 2.90. The molecule has 0 aliphatic heterocycles. The summed E-state index contributed by atoms with van der Waals surface area (Å²) in [6.45, 7) is 1.82. The zero-order valence-corrected chi connectivity index (χ0v) is 10.6. The summed E-state index contributed by atoms with van der Waals surface area (Å²) in [5.74, 6) is -2.29. The predicted octanol–water partition coefficient (Wildman–Crippen LogP) is 2.38. The molecule has 0 saturated heterocycles. The second-order valence-corrected chi connectivity index (χ2v) is 4.19. The van der Waals surface area contributed by atoms with E-state index in [1.165, 1.54) is 6.07 Å². The van der Waals surface area contributed by atoms with Crippen molar-refractivity contribution in [1.29, 1.82) is 0 Å². The van der Waals surface area contributed by atoms with E-state index in [9.17, 15) is 14.0 Å². The second-order valence-electron chi connectivity index (χ2n) is 3.81. The molecule has 0 bridgehead atoms. The number of carbonyl (C=O) groups is 2. The van der Waals surface area contributed by atoms with Gasteiger partial charge in [0, 0.05) is 13.0 Å². The van der Waals surface area contributed by atoms with Crippen molar-refractivity contribution in [2.24, 2.45) is 0 Å². The first-order valence-corrected chi connectivity index (χ1v) is 5.76. The molecule has 1 amide bonds. The Hall–Kier alpha value is -1.62. The van der Waals surface area contributed by atoms with Crippen molar-refractivity contribution in [3.05, 3.63) is 34.1 Å². The standard InChI is InChI=1S/C12H13ClFNO3/c1-7-4-5-8(11(14)10(7)13)12(18)15-6-2-3-9(16)17/h4-5H,2-3,6H2,1H3,(H,15,18)(H,16,17). The third-order valence-corrected chi connectivity index (χ3v) is 2.84. The van der Waals surface area contributed by atoms with Gasteiger partial charge in [-0.25, -0.2) is 4.39 Å². The smallest absolute Gasteiger partial charge is 0.303 e. The van der Waals surface area contributed by atoms with Gasteiger partial charge < -0.3 is 10.4 Å². The normalized spacial score (nSPS) is 10.2. The van der Waals surface area contributed by atoms with Crippen molar-refractivity contribution in [3.8, 4) is 0 Å². The van der Waals surface area contributed by atoms with Gasteiger partial charge in [0.05, 0.1) is 10.6 Å². The molecule has 6 heteroatoms. The fourth-order valence-corrected chi connectivity index (χ4v) is 1.52. The molecule has 0 atom stereocenters. The summed E-state index contributed by atoms with van der Waals surface area (Å²) in [4.78, 5) is 21.9. The number of hydrogen-bond donors (Lipinski definition) is 2. The van der Waals surface area contributed by atoms with Gasteiger partial charge in [0.1, 0.15) is 0 Å². The van der Waals surface area contributed by atoms with Crippen LogP contribution in [0.15, 0.2) is 12.1 Å². The number of rotatable bonds is 5. The fourth-order valence-electron chi connectivity index (χ4n) is 1.36. The summed E-state index contributed by atoms with van der Waals surface area (Å²) in [7, 11) is 0. The number of carboxylic acid groups (broad SMARTS) is 1. The summed E-state index contributed by atoms with van der Waals surface area (Å²) in [6.07, 6.45) is 0.250. The molecule has 1 rings (SSSR count). The van der Waals surface area contributed by atoms with Crippen molar-refractivity contribution in [3.63, 3.8) is 0 Å². The maximum atomic E-state index is 13.7. The molecule has 0 unspecified atom stereocenters. The monoisotopic (exact) mass is 273 g/mol. The molecule has 0 heterocycles. The van der Waals surface area contributed by atoms with Crippen LogP contribution in [0.25, 0.3) is 0 Å². The summed E-state index contributed by atoms with van der Waals surface area (Å²) in [5, 5.41) is 10.8. The molecule has 4 nitrogen and oxygen atoms in total. The lowest BCUT2D eigenvalue weighted by atomic mass is 10.1. The van der Waals surface area contributed by atoms with Gasteiger partial charge in [-0.15, -0.1) is 0 Å². The van der Waals surface area contributed by atoms with E-state index in [-0.39, 0.29) is 23.6 Å². The SMILES string of the molecule is Cc1ccc(C(=O)NCCCC(=O)O)c(F)c1Cl. The van der Waals surface area contributed by atoms with E-state index >= 15 is 0 Å². The lowest BCUT2D eigenvalue weighted by Crippen LogP contribution is -2.26. The highest BCUT2D eigenvalue weighted by Gasteiger charge is 2.15. The van der Waals surface area contributed by atoms with Gasteiger partial charge in [-0.05, 0) is 25.0 Å². The van der Waals surface area contributed by atoms with Crippen molar-refractivity contribution in [1.82, 2.24) is 5.32 Å². The van der Waals surface area contributed by atoms with E-state index in [4.69, 9.17) is 16.7 Å². The molecule has 1 aromatic carbocycles. The number of amides is 1. The fraction of sp³-hybridized carbons (Fsp3) is 0.333. The molecule has 0 radical (unpaired) electrons. The average Bonchev–Trinajstić information content (AvgIpc) is 2.31. The van der Waals surface area contributed by atoms with Gasteiger partial charge in [-0.1, -0.05) is 17.7 Å². The molecule has 0 saturated carbocycles. The van der Waals surface area contributed by atoms with E-state index in [0.717, 1.165) is 0 Å². The number of carbonyl (C=O) groups excluding carboxylic acids is 1. The van der Waals surface area contributed by atoms with E-state index < -0.39 is 17.7 Å². The Kier molecular flexibility index (Phi) is 5.09. The zero-order chi connectivity index (χ0) is 13.7. The van der Waals surface area contributed by atoms with Gasteiger partial charge in [-0.2, -0.15) is 0 Å². The topological polar surface area (TPSA) is 66.4 Å². The molecule has 1 aromatic rings. The first-order chi connectivity index (χ1) is 8.43. The van der Waals surface area contributed by atoms with Gasteiger partial charge in [0.15, 0.2) is 5.82 Å². The van der Waals surface area contributed by atoms with Crippen molar-refractivity contribution in [2.75, 3.05) is 6.54 Å². The minimum atomic E-state index is -0.936. The summed E-state index contributed by atoms with van der Waals surface area (Å²) >= 11 is 5.70. The van der Waals surface area contributed by atoms with E-state index in [1.807, 2.05) is 0 Å². The summed E-state index contributed by atoms with van der Waals surface area (Å²) in [5.41, 5.74) is 0.414. The van der Waals surface area contributed by atoms with Crippen molar-refractivity contribution in [2.45, 2.75) is 19.8 Å². The van der Waals surface area contributed by atoms with Gasteiger partial charge in [0.25, 0.3) is 5.91 Å². The van der Waals surface area contributed by atoms with Crippen LogP contribution in [0, 0.1) is 12.7 Å². The molecule has 0 aliphatic carbocycles. The molecule has 0 spiro atoms. The van der Waals surface area contributed by atoms with Crippen molar-refractivity contribution >= 4 is 23.5 Å². The molecule has 18 heavy (non-hydrogen) atoms. The Labute approximate surface area is 109 Å². The number of benzene rings is 1. The van der Waals surface area contributed by atoms with Gasteiger partial charge in [0.2, 0.25) is 0 Å². The Bertz CT molecular complexity index is 477. The lowest BCUT2D eigenvalue weighted by molar-refractivity contribution is -0.137. The Morgan fingerprint density at radius 3 is 2.72 bits per heavy atom. The van der Waals surface area contributed by atoms with E-state index in [0.29, 0.717) is 12.0 Å². The van der Waals surface area contributed by atoms with Gasteiger partial charge >= 0.3 is 5.97 Å². The molecule has 0 fully saturated rings. The lowest BCUT2D eigenvalue weighted by Gasteiger charge is -2.07. The van der Waals surface area contributed by atoms with Gasteiger partial charge in [-0.3, -0.25) is 9.59 Å². The average molecular weight is 274 g/mol.